The molecule has 1 heterocycles. The van der Waals surface area contributed by atoms with Crippen LogP contribution in [0.15, 0.2) is 22.7 Å². The third-order valence-corrected chi connectivity index (χ3v) is 3.76. The second-order valence-electron chi connectivity index (χ2n) is 4.19. The smallest absolute Gasteiger partial charge is 0.273 e. The van der Waals surface area contributed by atoms with Crippen molar-refractivity contribution >= 4 is 33.2 Å². The van der Waals surface area contributed by atoms with Crippen LogP contribution in [0.25, 0.3) is 0 Å². The Hall–Kier alpha value is -1.73. The Morgan fingerprint density at radius 2 is 2.14 bits per heavy atom. The average Bonchev–Trinajstić information content (AvgIpc) is 2.45. The van der Waals surface area contributed by atoms with Crippen molar-refractivity contribution in [3.05, 3.63) is 49.3 Å². The van der Waals surface area contributed by atoms with E-state index in [4.69, 9.17) is 16.3 Å². The fraction of sp³-hybridized carbons (Fsp3) is 0.231. The maximum Gasteiger partial charge on any atom is 0.273 e. The van der Waals surface area contributed by atoms with Crippen molar-refractivity contribution in [2.75, 3.05) is 0 Å². The molecule has 0 spiro atoms. The molecule has 0 aliphatic carbocycles. The van der Waals surface area contributed by atoms with E-state index in [1.54, 1.807) is 13.0 Å². The number of nitro groups is 1. The highest BCUT2D eigenvalue weighted by Crippen LogP contribution is 2.34. The van der Waals surface area contributed by atoms with Crippen LogP contribution in [0.4, 0.5) is 5.69 Å². The quantitative estimate of drug-likeness (QED) is 0.449. The molecule has 0 atom stereocenters. The molecule has 0 aliphatic heterocycles. The lowest BCUT2D eigenvalue weighted by Gasteiger charge is -2.11. The Bertz CT molecular complexity index is 709. The molecule has 1 aromatic carbocycles. The number of hydrogen-bond donors (Lipinski definition) is 0. The van der Waals surface area contributed by atoms with E-state index < -0.39 is 4.92 Å². The minimum absolute atomic E-state index is 0.0679. The first-order valence-corrected chi connectivity index (χ1v) is 7.24. The molecule has 0 aliphatic rings. The molecule has 0 fully saturated rings. The molecule has 1 aromatic heterocycles. The van der Waals surface area contributed by atoms with Crippen molar-refractivity contribution in [2.24, 2.45) is 0 Å². The number of nitro benzene ring substituents is 1. The van der Waals surface area contributed by atoms with Crippen LogP contribution in [-0.4, -0.2) is 14.9 Å². The van der Waals surface area contributed by atoms with Crippen LogP contribution in [0.3, 0.4) is 0 Å². The molecule has 0 saturated heterocycles. The lowest BCUT2D eigenvalue weighted by molar-refractivity contribution is -0.384. The van der Waals surface area contributed by atoms with Gasteiger partial charge in [-0.05, 0) is 28.9 Å². The highest BCUT2D eigenvalue weighted by molar-refractivity contribution is 9.10. The van der Waals surface area contributed by atoms with Gasteiger partial charge in [-0.15, -0.1) is 0 Å². The van der Waals surface area contributed by atoms with Crippen molar-refractivity contribution < 1.29 is 9.66 Å². The Morgan fingerprint density at radius 1 is 1.43 bits per heavy atom. The highest BCUT2D eigenvalue weighted by atomic mass is 79.9. The van der Waals surface area contributed by atoms with Crippen molar-refractivity contribution in [3.63, 3.8) is 0 Å². The van der Waals surface area contributed by atoms with E-state index in [1.807, 2.05) is 6.92 Å². The molecular weight excluding hydrogens is 362 g/mol. The number of aromatic nitrogens is 2. The van der Waals surface area contributed by atoms with Gasteiger partial charge in [0.2, 0.25) is 5.88 Å². The van der Waals surface area contributed by atoms with Crippen molar-refractivity contribution in [1.29, 1.82) is 0 Å². The number of aryl methyl sites for hydroxylation is 1. The van der Waals surface area contributed by atoms with Gasteiger partial charge in [0, 0.05) is 18.1 Å². The second kappa shape index (κ2) is 6.36. The fourth-order valence-electron chi connectivity index (χ4n) is 1.56. The predicted molar refractivity (Wildman–Crippen MR) is 82.0 cm³/mol. The standard InChI is InChI=1S/C13H11BrClN3O3/c1-3-11-16-12(15)7(2)13(17-11)21-10-6-8(18(19)20)4-5-9(10)14/h4-6H,3H2,1-2H3. The molecule has 2 aromatic rings. The average molecular weight is 373 g/mol. The topological polar surface area (TPSA) is 78.2 Å². The number of rotatable bonds is 4. The van der Waals surface area contributed by atoms with Crippen molar-refractivity contribution in [3.8, 4) is 11.6 Å². The van der Waals surface area contributed by atoms with Gasteiger partial charge in [-0.3, -0.25) is 10.1 Å². The van der Waals surface area contributed by atoms with E-state index >= 15 is 0 Å². The van der Waals surface area contributed by atoms with Crippen LogP contribution in [0.2, 0.25) is 5.15 Å². The zero-order valence-electron chi connectivity index (χ0n) is 11.3. The van der Waals surface area contributed by atoms with Crippen LogP contribution in [0.5, 0.6) is 11.6 Å². The number of nitrogens with zero attached hydrogens (tertiary/aromatic N) is 3. The summed E-state index contributed by atoms with van der Waals surface area (Å²) in [6, 6.07) is 4.26. The third kappa shape index (κ3) is 3.48. The van der Waals surface area contributed by atoms with Gasteiger partial charge in [0.25, 0.3) is 5.69 Å². The number of ether oxygens (including phenoxy) is 1. The summed E-state index contributed by atoms with van der Waals surface area (Å²) in [5, 5.41) is 11.1. The first kappa shape index (κ1) is 15.7. The molecule has 0 N–H and O–H groups in total. The highest BCUT2D eigenvalue weighted by Gasteiger charge is 2.15. The van der Waals surface area contributed by atoms with Crippen LogP contribution in [-0.2, 0) is 6.42 Å². The number of benzene rings is 1. The van der Waals surface area contributed by atoms with Crippen molar-refractivity contribution in [1.82, 2.24) is 9.97 Å². The summed E-state index contributed by atoms with van der Waals surface area (Å²) in [5.74, 6) is 1.12. The molecular formula is C13H11BrClN3O3. The Balaban J connectivity index is 2.44. The van der Waals surface area contributed by atoms with Gasteiger partial charge in [-0.1, -0.05) is 18.5 Å². The van der Waals surface area contributed by atoms with E-state index in [1.165, 1.54) is 12.1 Å². The van der Waals surface area contributed by atoms with Gasteiger partial charge in [0.1, 0.15) is 11.0 Å². The minimum atomic E-state index is -0.489. The van der Waals surface area contributed by atoms with Gasteiger partial charge in [-0.25, -0.2) is 4.98 Å². The molecule has 0 radical (unpaired) electrons. The minimum Gasteiger partial charge on any atom is -0.437 e. The maximum absolute atomic E-state index is 10.8. The summed E-state index contributed by atoms with van der Waals surface area (Å²) in [7, 11) is 0. The second-order valence-corrected chi connectivity index (χ2v) is 5.40. The molecule has 0 saturated carbocycles. The molecule has 0 bridgehead atoms. The lowest BCUT2D eigenvalue weighted by Crippen LogP contribution is -2.00. The third-order valence-electron chi connectivity index (χ3n) is 2.74. The normalized spacial score (nSPS) is 10.5. The van der Waals surface area contributed by atoms with E-state index in [9.17, 15) is 10.1 Å². The number of hydrogen-bond acceptors (Lipinski definition) is 5. The molecule has 21 heavy (non-hydrogen) atoms. The SMILES string of the molecule is CCc1nc(Cl)c(C)c(Oc2cc([N+](=O)[O-])ccc2Br)n1. The van der Waals surface area contributed by atoms with Gasteiger partial charge >= 0.3 is 0 Å². The van der Waals surface area contributed by atoms with Gasteiger partial charge in [0.15, 0.2) is 5.75 Å². The lowest BCUT2D eigenvalue weighted by atomic mass is 10.3. The van der Waals surface area contributed by atoms with Gasteiger partial charge in [0.05, 0.1) is 15.5 Å². The molecule has 8 heteroatoms. The van der Waals surface area contributed by atoms with E-state index in [2.05, 4.69) is 25.9 Å². The summed E-state index contributed by atoms with van der Waals surface area (Å²) in [6.45, 7) is 3.62. The van der Waals surface area contributed by atoms with Crippen LogP contribution < -0.4 is 4.74 Å². The maximum atomic E-state index is 10.8. The van der Waals surface area contributed by atoms with Crippen LogP contribution >= 0.6 is 27.5 Å². The summed E-state index contributed by atoms with van der Waals surface area (Å²) >= 11 is 9.33. The van der Waals surface area contributed by atoms with Crippen LogP contribution in [0, 0.1) is 17.0 Å². The summed E-state index contributed by atoms with van der Waals surface area (Å²) in [5.41, 5.74) is 0.508. The zero-order valence-corrected chi connectivity index (χ0v) is 13.6. The Morgan fingerprint density at radius 3 is 2.76 bits per heavy atom. The number of non-ortho nitro benzene ring substituents is 1. The van der Waals surface area contributed by atoms with E-state index in [-0.39, 0.29) is 11.6 Å². The molecule has 6 nitrogen and oxygen atoms in total. The monoisotopic (exact) mass is 371 g/mol. The van der Waals surface area contributed by atoms with Crippen LogP contribution in [0.1, 0.15) is 18.3 Å². The zero-order chi connectivity index (χ0) is 15.6. The first-order valence-electron chi connectivity index (χ1n) is 6.07. The first-order chi connectivity index (χ1) is 9.92. The molecule has 0 amide bonds. The molecule has 0 unspecified atom stereocenters. The fourth-order valence-corrected chi connectivity index (χ4v) is 2.06. The largest absolute Gasteiger partial charge is 0.437 e. The molecule has 110 valence electrons. The Labute approximate surface area is 134 Å². The molecule has 2 rings (SSSR count). The summed E-state index contributed by atoms with van der Waals surface area (Å²) in [4.78, 5) is 18.7. The van der Waals surface area contributed by atoms with E-state index in [0.29, 0.717) is 33.2 Å². The van der Waals surface area contributed by atoms with Gasteiger partial charge < -0.3 is 4.74 Å². The van der Waals surface area contributed by atoms with Gasteiger partial charge in [-0.2, -0.15) is 4.98 Å². The van der Waals surface area contributed by atoms with Crippen molar-refractivity contribution in [2.45, 2.75) is 20.3 Å². The van der Waals surface area contributed by atoms with E-state index in [0.717, 1.165) is 0 Å². The summed E-state index contributed by atoms with van der Waals surface area (Å²) in [6.07, 6.45) is 0.604. The predicted octanol–water partition coefficient (Wildman–Crippen LogP) is 4.46. The Kier molecular flexibility index (Phi) is 4.74. The summed E-state index contributed by atoms with van der Waals surface area (Å²) < 4.78 is 6.25. The number of halogens is 2.